The lowest BCUT2D eigenvalue weighted by molar-refractivity contribution is -0.244. The Morgan fingerprint density at radius 2 is 2.19 bits per heavy atom. The van der Waals surface area contributed by atoms with Crippen molar-refractivity contribution in [2.45, 2.75) is 37.6 Å². The summed E-state index contributed by atoms with van der Waals surface area (Å²) in [5.74, 6) is -0.405. The van der Waals surface area contributed by atoms with E-state index in [4.69, 9.17) is 4.74 Å². The quantitative estimate of drug-likeness (QED) is 0.760. The summed E-state index contributed by atoms with van der Waals surface area (Å²) >= 11 is 0. The molecular formula is C10H14F3NO2. The molecule has 6 heteroatoms. The number of rotatable bonds is 3. The fraction of sp³-hybridized carbons (Fsp3) is 0.700. The van der Waals surface area contributed by atoms with Gasteiger partial charge in [-0.3, -0.25) is 4.79 Å². The van der Waals surface area contributed by atoms with E-state index in [2.05, 4.69) is 11.9 Å². The van der Waals surface area contributed by atoms with E-state index in [1.807, 2.05) is 0 Å². The molecular weight excluding hydrogens is 223 g/mol. The monoisotopic (exact) mass is 237 g/mol. The van der Waals surface area contributed by atoms with Crippen LogP contribution in [-0.2, 0) is 9.53 Å². The van der Waals surface area contributed by atoms with Crippen molar-refractivity contribution in [3.63, 3.8) is 0 Å². The third-order valence-corrected chi connectivity index (χ3v) is 2.40. The summed E-state index contributed by atoms with van der Waals surface area (Å²) in [5, 5.41) is 2.42. The zero-order valence-corrected chi connectivity index (χ0v) is 8.72. The maximum Gasteiger partial charge on any atom is 0.414 e. The van der Waals surface area contributed by atoms with Gasteiger partial charge in [-0.25, -0.2) is 0 Å². The van der Waals surface area contributed by atoms with Crippen molar-refractivity contribution in [3.8, 4) is 0 Å². The molecule has 1 N–H and O–H groups in total. The van der Waals surface area contributed by atoms with Crippen LogP contribution in [0, 0.1) is 0 Å². The lowest BCUT2D eigenvalue weighted by atomic mass is 10.0. The molecule has 0 spiro atoms. The van der Waals surface area contributed by atoms with Gasteiger partial charge in [0.2, 0.25) is 5.91 Å². The molecule has 0 aromatic carbocycles. The number of halogens is 3. The topological polar surface area (TPSA) is 38.3 Å². The number of carbonyl (C=O) groups excluding carboxylic acids is 1. The fourth-order valence-electron chi connectivity index (χ4n) is 1.58. The molecule has 0 aliphatic carbocycles. The highest BCUT2D eigenvalue weighted by atomic mass is 19.4. The average Bonchev–Trinajstić information content (AvgIpc) is 2.25. The number of hydrogen-bond acceptors (Lipinski definition) is 2. The Morgan fingerprint density at radius 1 is 1.50 bits per heavy atom. The molecule has 92 valence electrons. The Morgan fingerprint density at radius 3 is 2.75 bits per heavy atom. The van der Waals surface area contributed by atoms with Gasteiger partial charge in [-0.15, -0.1) is 0 Å². The van der Waals surface area contributed by atoms with E-state index < -0.39 is 24.3 Å². The standard InChI is InChI=1S/C10H14F3NO2/c1-2-9(15)14-6-7-4-3-5-8(16-7)10(11,12)13/h2,7-8H,1,3-6H2,(H,14,15). The maximum absolute atomic E-state index is 12.4. The van der Waals surface area contributed by atoms with Gasteiger partial charge in [-0.1, -0.05) is 6.58 Å². The van der Waals surface area contributed by atoms with Crippen LogP contribution in [0.1, 0.15) is 19.3 Å². The van der Waals surface area contributed by atoms with Gasteiger partial charge in [0.15, 0.2) is 6.10 Å². The van der Waals surface area contributed by atoms with E-state index in [9.17, 15) is 18.0 Å². The highest BCUT2D eigenvalue weighted by Gasteiger charge is 2.43. The second kappa shape index (κ2) is 5.34. The molecule has 0 saturated carbocycles. The Labute approximate surface area is 91.6 Å². The van der Waals surface area contributed by atoms with Gasteiger partial charge < -0.3 is 10.1 Å². The fourth-order valence-corrected chi connectivity index (χ4v) is 1.58. The van der Waals surface area contributed by atoms with Gasteiger partial charge >= 0.3 is 6.18 Å². The zero-order valence-electron chi connectivity index (χ0n) is 8.72. The molecule has 2 unspecified atom stereocenters. The summed E-state index contributed by atoms with van der Waals surface area (Å²) in [6, 6.07) is 0. The van der Waals surface area contributed by atoms with Gasteiger partial charge in [0.05, 0.1) is 6.10 Å². The lowest BCUT2D eigenvalue weighted by Crippen LogP contribution is -2.43. The highest BCUT2D eigenvalue weighted by Crippen LogP contribution is 2.31. The van der Waals surface area contributed by atoms with Crippen molar-refractivity contribution in [2.75, 3.05) is 6.54 Å². The van der Waals surface area contributed by atoms with Gasteiger partial charge in [0, 0.05) is 6.54 Å². The van der Waals surface area contributed by atoms with Crippen LogP contribution in [0.3, 0.4) is 0 Å². The van der Waals surface area contributed by atoms with Crippen molar-refractivity contribution in [1.29, 1.82) is 0 Å². The first-order chi connectivity index (χ1) is 7.43. The number of alkyl halides is 3. The minimum atomic E-state index is -4.32. The van der Waals surface area contributed by atoms with E-state index in [1.165, 1.54) is 0 Å². The zero-order chi connectivity index (χ0) is 12.2. The van der Waals surface area contributed by atoms with Crippen molar-refractivity contribution in [1.82, 2.24) is 5.32 Å². The van der Waals surface area contributed by atoms with Crippen LogP contribution in [0.2, 0.25) is 0 Å². The summed E-state index contributed by atoms with van der Waals surface area (Å²) in [4.78, 5) is 10.8. The van der Waals surface area contributed by atoms with Crippen molar-refractivity contribution in [3.05, 3.63) is 12.7 Å². The molecule has 0 radical (unpaired) electrons. The Balaban J connectivity index is 2.39. The van der Waals surface area contributed by atoms with Crippen LogP contribution >= 0.6 is 0 Å². The molecule has 1 saturated heterocycles. The summed E-state index contributed by atoms with van der Waals surface area (Å²) < 4.78 is 41.9. The van der Waals surface area contributed by atoms with Gasteiger partial charge in [-0.2, -0.15) is 13.2 Å². The minimum Gasteiger partial charge on any atom is -0.364 e. The second-order valence-electron chi connectivity index (χ2n) is 3.67. The van der Waals surface area contributed by atoms with Crippen molar-refractivity contribution < 1.29 is 22.7 Å². The predicted molar refractivity (Wildman–Crippen MR) is 51.8 cm³/mol. The van der Waals surface area contributed by atoms with E-state index in [1.54, 1.807) is 0 Å². The van der Waals surface area contributed by atoms with Crippen LogP contribution < -0.4 is 5.32 Å². The molecule has 1 heterocycles. The molecule has 1 fully saturated rings. The largest absolute Gasteiger partial charge is 0.414 e. The molecule has 0 bridgehead atoms. The predicted octanol–water partition coefficient (Wildman–Crippen LogP) is 1.79. The first-order valence-electron chi connectivity index (χ1n) is 5.06. The summed E-state index contributed by atoms with van der Waals surface area (Å²) in [5.41, 5.74) is 0. The third-order valence-electron chi connectivity index (χ3n) is 2.40. The number of hydrogen-bond donors (Lipinski definition) is 1. The van der Waals surface area contributed by atoms with Gasteiger partial charge in [0.1, 0.15) is 0 Å². The van der Waals surface area contributed by atoms with E-state index >= 15 is 0 Å². The molecule has 1 aliphatic heterocycles. The second-order valence-corrected chi connectivity index (χ2v) is 3.67. The van der Waals surface area contributed by atoms with Gasteiger partial charge in [-0.05, 0) is 25.3 Å². The number of carbonyl (C=O) groups is 1. The van der Waals surface area contributed by atoms with Crippen LogP contribution in [0.5, 0.6) is 0 Å². The van der Waals surface area contributed by atoms with Gasteiger partial charge in [0.25, 0.3) is 0 Å². The van der Waals surface area contributed by atoms with Crippen molar-refractivity contribution >= 4 is 5.91 Å². The highest BCUT2D eigenvalue weighted by molar-refractivity contribution is 5.86. The van der Waals surface area contributed by atoms with Crippen LogP contribution in [0.4, 0.5) is 13.2 Å². The Kier molecular flexibility index (Phi) is 4.35. The average molecular weight is 237 g/mol. The lowest BCUT2D eigenvalue weighted by Gasteiger charge is -2.31. The molecule has 3 nitrogen and oxygen atoms in total. The third kappa shape index (κ3) is 3.84. The summed E-state index contributed by atoms with van der Waals surface area (Å²) in [7, 11) is 0. The van der Waals surface area contributed by atoms with Crippen LogP contribution in [0.25, 0.3) is 0 Å². The Bertz CT molecular complexity index is 265. The molecule has 1 amide bonds. The van der Waals surface area contributed by atoms with Crippen molar-refractivity contribution in [2.24, 2.45) is 0 Å². The first-order valence-corrected chi connectivity index (χ1v) is 5.06. The number of ether oxygens (including phenoxy) is 1. The van der Waals surface area contributed by atoms with E-state index in [0.29, 0.717) is 12.8 Å². The van der Waals surface area contributed by atoms with E-state index in [-0.39, 0.29) is 13.0 Å². The normalized spacial score (nSPS) is 26.2. The maximum atomic E-state index is 12.4. The smallest absolute Gasteiger partial charge is 0.364 e. The Hall–Kier alpha value is -1.04. The molecule has 0 aromatic heterocycles. The van der Waals surface area contributed by atoms with Crippen LogP contribution in [0.15, 0.2) is 12.7 Å². The summed E-state index contributed by atoms with van der Waals surface area (Å²) in [6.07, 6.45) is -4.53. The summed E-state index contributed by atoms with van der Waals surface area (Å²) in [6.45, 7) is 3.34. The minimum absolute atomic E-state index is 0.00456. The molecule has 0 aromatic rings. The first kappa shape index (κ1) is 13.0. The molecule has 16 heavy (non-hydrogen) atoms. The molecule has 2 atom stereocenters. The number of nitrogens with one attached hydrogen (secondary N) is 1. The van der Waals surface area contributed by atoms with Crippen LogP contribution in [-0.4, -0.2) is 30.8 Å². The molecule has 1 aliphatic rings. The molecule has 1 rings (SSSR count). The van der Waals surface area contributed by atoms with E-state index in [0.717, 1.165) is 6.08 Å². The number of amides is 1. The SMILES string of the molecule is C=CC(=O)NCC1CCCC(C(F)(F)F)O1.